The molecule has 0 bridgehead atoms. The third kappa shape index (κ3) is 7.52. The molecule has 1 aliphatic heterocycles. The molecule has 3 nitrogen and oxygen atoms in total. The van der Waals surface area contributed by atoms with Gasteiger partial charge in [-0.3, -0.25) is 5.01 Å². The Labute approximate surface area is 173 Å². The molecular weight excluding hydrogens is 364 g/mol. The van der Waals surface area contributed by atoms with Crippen molar-refractivity contribution in [2.45, 2.75) is 39.7 Å². The van der Waals surface area contributed by atoms with Crippen molar-refractivity contribution < 1.29 is 21.8 Å². The zero-order chi connectivity index (χ0) is 18.1. The van der Waals surface area contributed by atoms with Gasteiger partial charge in [-0.25, -0.2) is 0 Å². The number of nitrogens with zero attached hydrogens (tertiary/aromatic N) is 2. The van der Waals surface area contributed by atoms with E-state index in [-0.39, 0.29) is 17.1 Å². The van der Waals surface area contributed by atoms with Gasteiger partial charge in [0.05, 0.1) is 12.6 Å². The molecule has 2 aliphatic carbocycles. The second-order valence-corrected chi connectivity index (χ2v) is 7.07. The van der Waals surface area contributed by atoms with Gasteiger partial charge in [0.1, 0.15) is 0 Å². The maximum absolute atomic E-state index is 5.33. The maximum Gasteiger partial charge on any atom is 2.00 e. The molecule has 0 aromatic rings. The molecule has 3 rings (SSSR count). The Morgan fingerprint density at radius 2 is 1.65 bits per heavy atom. The summed E-state index contributed by atoms with van der Waals surface area (Å²) in [5, 5.41) is 7.25. The summed E-state index contributed by atoms with van der Waals surface area (Å²) in [5.41, 5.74) is 1.22. The number of ether oxygens (including phenoxy) is 1. The molecule has 2 saturated carbocycles. The molecule has 3 aliphatic rings. The summed E-state index contributed by atoms with van der Waals surface area (Å²) in [6, 6.07) is 0.435. The van der Waals surface area contributed by atoms with Gasteiger partial charge in [0, 0.05) is 25.3 Å². The molecule has 26 heavy (non-hydrogen) atoms. The van der Waals surface area contributed by atoms with Gasteiger partial charge < -0.3 is 4.74 Å². The average Bonchev–Trinajstić information content (AvgIpc) is 3.35. The van der Waals surface area contributed by atoms with E-state index >= 15 is 0 Å². The van der Waals surface area contributed by atoms with Crippen LogP contribution < -0.4 is 0 Å². The number of hydrazone groups is 1. The zero-order valence-electron chi connectivity index (χ0n) is 16.4. The first-order valence-electron chi connectivity index (χ1n) is 9.36. The van der Waals surface area contributed by atoms with Gasteiger partial charge in [-0.2, -0.15) is 5.10 Å². The van der Waals surface area contributed by atoms with Crippen LogP contribution in [0.4, 0.5) is 0 Å². The van der Waals surface area contributed by atoms with Gasteiger partial charge >= 0.3 is 17.1 Å². The van der Waals surface area contributed by atoms with E-state index in [1.807, 2.05) is 32.1 Å². The standard InChI is InChI=1S/C17H27N2O.C5H5.Fe/c1-13(2)14(3)17(15-8-5-6-9-15)18-19-11-7-10-16(19)12-20-4;1-2-4-5-3-1;/h5-6,8-9,13-14,16H,7,10-12H2,1-4H3;1-5H;/q;;+2/b18-17-;;/t14-,16+;;/m1../s1. The Morgan fingerprint density at radius 3 is 2.15 bits per heavy atom. The third-order valence-electron chi connectivity index (χ3n) is 4.89. The van der Waals surface area contributed by atoms with Crippen LogP contribution in [-0.2, 0) is 21.8 Å². The number of rotatable bonds is 6. The summed E-state index contributed by atoms with van der Waals surface area (Å²) in [5.74, 6) is 2.31. The van der Waals surface area contributed by atoms with Crippen LogP contribution in [0, 0.1) is 75.5 Å². The van der Waals surface area contributed by atoms with Crippen molar-refractivity contribution >= 4 is 5.71 Å². The first-order chi connectivity index (χ1) is 12.1. The molecule has 10 radical (unpaired) electrons. The Morgan fingerprint density at radius 1 is 1.08 bits per heavy atom. The smallest absolute Gasteiger partial charge is 0.382 e. The van der Waals surface area contributed by atoms with Gasteiger partial charge in [-0.05, 0) is 82.5 Å². The summed E-state index contributed by atoms with van der Waals surface area (Å²) in [6.45, 7) is 8.62. The van der Waals surface area contributed by atoms with Crippen LogP contribution in [0.3, 0.4) is 0 Å². The first kappa shape index (κ1) is 24.0. The third-order valence-corrected chi connectivity index (χ3v) is 4.89. The zero-order valence-corrected chi connectivity index (χ0v) is 17.5. The summed E-state index contributed by atoms with van der Waals surface area (Å²) in [4.78, 5) is 0. The molecule has 0 amide bonds. The summed E-state index contributed by atoms with van der Waals surface area (Å²) < 4.78 is 5.33. The van der Waals surface area contributed by atoms with Crippen LogP contribution in [0.5, 0.6) is 0 Å². The van der Waals surface area contributed by atoms with E-state index in [1.165, 1.54) is 24.5 Å². The fourth-order valence-electron chi connectivity index (χ4n) is 3.05. The Bertz CT molecular complexity index is 378. The SMILES string of the molecule is COC[C@@H]1CCCN1/N=C(\[C]1[CH][CH][CH][CH]1)[C@H](C)C(C)C.[CH]1[CH][CH][CH][CH]1.[Fe+2]. The van der Waals surface area contributed by atoms with Crippen LogP contribution in [0.1, 0.15) is 33.6 Å². The van der Waals surface area contributed by atoms with E-state index in [2.05, 4.69) is 51.5 Å². The molecule has 0 aromatic heterocycles. The predicted molar refractivity (Wildman–Crippen MR) is 105 cm³/mol. The number of methoxy groups -OCH3 is 1. The van der Waals surface area contributed by atoms with Crippen LogP contribution in [0.2, 0.25) is 0 Å². The van der Waals surface area contributed by atoms with Crippen molar-refractivity contribution in [3.63, 3.8) is 0 Å². The molecule has 142 valence electrons. The molecule has 0 unspecified atom stereocenters. The second kappa shape index (κ2) is 13.2. The van der Waals surface area contributed by atoms with E-state index in [1.54, 1.807) is 7.11 Å². The minimum Gasteiger partial charge on any atom is -0.382 e. The van der Waals surface area contributed by atoms with E-state index in [0.717, 1.165) is 13.2 Å². The molecule has 0 N–H and O–H groups in total. The molecule has 1 heterocycles. The number of hydrogen-bond acceptors (Lipinski definition) is 3. The van der Waals surface area contributed by atoms with Gasteiger partial charge in [-0.15, -0.1) is 0 Å². The van der Waals surface area contributed by atoms with Crippen molar-refractivity contribution in [2.75, 3.05) is 20.3 Å². The van der Waals surface area contributed by atoms with Crippen LogP contribution >= 0.6 is 0 Å². The minimum absolute atomic E-state index is 0. The van der Waals surface area contributed by atoms with Crippen LogP contribution in [0.15, 0.2) is 5.10 Å². The predicted octanol–water partition coefficient (Wildman–Crippen LogP) is 4.17. The maximum atomic E-state index is 5.33. The van der Waals surface area contributed by atoms with Gasteiger partial charge in [-0.1, -0.05) is 20.8 Å². The van der Waals surface area contributed by atoms with E-state index in [9.17, 15) is 0 Å². The fraction of sp³-hybridized carbons (Fsp3) is 0.500. The van der Waals surface area contributed by atoms with E-state index < -0.39 is 0 Å². The molecule has 3 fully saturated rings. The first-order valence-corrected chi connectivity index (χ1v) is 9.36. The molecule has 4 heteroatoms. The normalized spacial score (nSPS) is 25.2. The van der Waals surface area contributed by atoms with Crippen molar-refractivity contribution in [1.29, 1.82) is 0 Å². The Hall–Kier alpha value is -0.0505. The van der Waals surface area contributed by atoms with Gasteiger partial charge in [0.2, 0.25) is 0 Å². The summed E-state index contributed by atoms with van der Waals surface area (Å²) in [7, 11) is 1.77. The Kier molecular flexibility index (Phi) is 12.2. The van der Waals surface area contributed by atoms with Crippen molar-refractivity contribution in [2.24, 2.45) is 16.9 Å². The van der Waals surface area contributed by atoms with Crippen molar-refractivity contribution in [3.05, 3.63) is 63.7 Å². The summed E-state index contributed by atoms with van der Waals surface area (Å²) in [6.07, 6.45) is 20.9. The quantitative estimate of drug-likeness (QED) is 0.497. The number of hydrogen-bond donors (Lipinski definition) is 0. The van der Waals surface area contributed by atoms with E-state index in [4.69, 9.17) is 9.84 Å². The van der Waals surface area contributed by atoms with Crippen LogP contribution in [0.25, 0.3) is 0 Å². The van der Waals surface area contributed by atoms with Crippen molar-refractivity contribution in [3.8, 4) is 0 Å². The van der Waals surface area contributed by atoms with Gasteiger partial charge in [0.15, 0.2) is 0 Å². The molecular formula is C22H32FeN2O+2. The molecule has 0 aromatic carbocycles. The fourth-order valence-corrected chi connectivity index (χ4v) is 3.05. The minimum atomic E-state index is 0. The second-order valence-electron chi connectivity index (χ2n) is 7.07. The van der Waals surface area contributed by atoms with Gasteiger partial charge in [0.25, 0.3) is 0 Å². The molecule has 2 atom stereocenters. The largest absolute Gasteiger partial charge is 2.00 e. The van der Waals surface area contributed by atoms with Crippen molar-refractivity contribution in [1.82, 2.24) is 5.01 Å². The topological polar surface area (TPSA) is 24.8 Å². The molecule has 1 saturated heterocycles. The summed E-state index contributed by atoms with van der Waals surface area (Å²) >= 11 is 0. The Balaban J connectivity index is 0.000000486. The molecule has 0 spiro atoms. The van der Waals surface area contributed by atoms with E-state index in [0.29, 0.717) is 17.9 Å². The monoisotopic (exact) mass is 396 g/mol. The average molecular weight is 396 g/mol. The van der Waals surface area contributed by atoms with Crippen LogP contribution in [-0.4, -0.2) is 37.0 Å².